The predicted octanol–water partition coefficient (Wildman–Crippen LogP) is 0.938. The van der Waals surface area contributed by atoms with Gasteiger partial charge in [-0.15, -0.1) is 0 Å². The predicted molar refractivity (Wildman–Crippen MR) is 79.4 cm³/mol. The van der Waals surface area contributed by atoms with E-state index in [1.807, 2.05) is 30.3 Å². The molecule has 0 aliphatic rings. The van der Waals surface area contributed by atoms with Gasteiger partial charge in [0.2, 0.25) is 5.91 Å². The highest BCUT2D eigenvalue weighted by atomic mass is 16.2. The number of aryl methyl sites for hydroxylation is 1. The molecular weight excluding hydrogens is 254 g/mol. The van der Waals surface area contributed by atoms with Crippen LogP contribution in [0.4, 0.5) is 0 Å². The second-order valence-electron chi connectivity index (χ2n) is 4.93. The van der Waals surface area contributed by atoms with Crippen LogP contribution in [0, 0.1) is 0 Å². The summed E-state index contributed by atoms with van der Waals surface area (Å²) in [7, 11) is 3.42. The number of pyridine rings is 1. The third-order valence-electron chi connectivity index (χ3n) is 3.35. The minimum Gasteiger partial charge on any atom is -0.349 e. The molecule has 2 aromatic rings. The zero-order valence-electron chi connectivity index (χ0n) is 11.8. The molecule has 1 heterocycles. The van der Waals surface area contributed by atoms with Crippen LogP contribution in [0.3, 0.4) is 0 Å². The van der Waals surface area contributed by atoms with Gasteiger partial charge in [-0.25, -0.2) is 0 Å². The van der Waals surface area contributed by atoms with Crippen molar-refractivity contribution >= 4 is 16.8 Å². The molecule has 2 N–H and O–H groups in total. The maximum atomic E-state index is 12.4. The third kappa shape index (κ3) is 2.72. The SMILES string of the molecule is CN(C)C(=O)CCn1c(=O)c(CN)cc2ccccc21. The number of nitrogens with two attached hydrogens (primary N) is 1. The fourth-order valence-corrected chi connectivity index (χ4v) is 2.19. The molecule has 5 heteroatoms. The van der Waals surface area contributed by atoms with E-state index in [1.54, 1.807) is 18.7 Å². The number of nitrogens with zero attached hydrogens (tertiary/aromatic N) is 2. The molecule has 1 aromatic carbocycles. The molecule has 0 saturated carbocycles. The van der Waals surface area contributed by atoms with Gasteiger partial charge < -0.3 is 15.2 Å². The van der Waals surface area contributed by atoms with E-state index in [0.29, 0.717) is 18.5 Å². The van der Waals surface area contributed by atoms with Gasteiger partial charge in [-0.05, 0) is 17.5 Å². The molecule has 0 spiro atoms. The van der Waals surface area contributed by atoms with E-state index in [0.717, 1.165) is 10.9 Å². The van der Waals surface area contributed by atoms with Gasteiger partial charge in [0.25, 0.3) is 5.56 Å². The van der Waals surface area contributed by atoms with Gasteiger partial charge in [0.1, 0.15) is 0 Å². The van der Waals surface area contributed by atoms with Crippen LogP contribution in [-0.4, -0.2) is 29.5 Å². The van der Waals surface area contributed by atoms with E-state index in [-0.39, 0.29) is 18.0 Å². The van der Waals surface area contributed by atoms with Crippen LogP contribution in [0.25, 0.3) is 10.9 Å². The lowest BCUT2D eigenvalue weighted by Crippen LogP contribution is -2.29. The Hall–Kier alpha value is -2.14. The summed E-state index contributed by atoms with van der Waals surface area (Å²) >= 11 is 0. The number of para-hydroxylation sites is 1. The number of amides is 1. The van der Waals surface area contributed by atoms with Gasteiger partial charge in [0.05, 0.1) is 5.52 Å². The normalized spacial score (nSPS) is 10.8. The number of aromatic nitrogens is 1. The Morgan fingerprint density at radius 3 is 2.65 bits per heavy atom. The summed E-state index contributed by atoms with van der Waals surface area (Å²) in [5, 5.41) is 0.963. The first-order valence-corrected chi connectivity index (χ1v) is 6.56. The molecule has 5 nitrogen and oxygen atoms in total. The molecule has 0 unspecified atom stereocenters. The number of fused-ring (bicyclic) bond motifs is 1. The van der Waals surface area contributed by atoms with E-state index in [4.69, 9.17) is 5.73 Å². The maximum absolute atomic E-state index is 12.4. The topological polar surface area (TPSA) is 68.3 Å². The number of hydrogen-bond acceptors (Lipinski definition) is 3. The number of benzene rings is 1. The first-order valence-electron chi connectivity index (χ1n) is 6.56. The molecule has 0 aliphatic carbocycles. The standard InChI is InChI=1S/C15H19N3O2/c1-17(2)14(19)7-8-18-13-6-4-3-5-11(13)9-12(10-16)15(18)20/h3-6,9H,7-8,10,16H2,1-2H3. The van der Waals surface area contributed by atoms with E-state index in [2.05, 4.69) is 0 Å². The number of hydrogen-bond donors (Lipinski definition) is 1. The molecule has 2 rings (SSSR count). The third-order valence-corrected chi connectivity index (χ3v) is 3.35. The average Bonchev–Trinajstić information content (AvgIpc) is 2.45. The van der Waals surface area contributed by atoms with Crippen LogP contribution in [-0.2, 0) is 17.9 Å². The van der Waals surface area contributed by atoms with Crippen molar-refractivity contribution in [1.82, 2.24) is 9.47 Å². The molecular formula is C15H19N3O2. The molecule has 106 valence electrons. The van der Waals surface area contributed by atoms with Crippen molar-refractivity contribution in [2.24, 2.45) is 5.73 Å². The molecule has 1 aromatic heterocycles. The first kappa shape index (κ1) is 14.3. The van der Waals surface area contributed by atoms with Crippen molar-refractivity contribution in [3.05, 3.63) is 46.2 Å². The Morgan fingerprint density at radius 1 is 1.30 bits per heavy atom. The zero-order valence-corrected chi connectivity index (χ0v) is 11.8. The molecule has 0 atom stereocenters. The van der Waals surface area contributed by atoms with Gasteiger partial charge in [0.15, 0.2) is 0 Å². The number of carbonyl (C=O) groups is 1. The summed E-state index contributed by atoms with van der Waals surface area (Å²) in [5.74, 6) is -0.000803. The zero-order chi connectivity index (χ0) is 14.7. The molecule has 0 bridgehead atoms. The first-order chi connectivity index (χ1) is 9.54. The van der Waals surface area contributed by atoms with Crippen molar-refractivity contribution in [3.63, 3.8) is 0 Å². The molecule has 0 fully saturated rings. The molecule has 0 saturated heterocycles. The molecule has 0 radical (unpaired) electrons. The minimum atomic E-state index is -0.113. The maximum Gasteiger partial charge on any atom is 0.255 e. The summed E-state index contributed by atoms with van der Waals surface area (Å²) in [5.41, 5.74) is 6.92. The average molecular weight is 273 g/mol. The van der Waals surface area contributed by atoms with Crippen molar-refractivity contribution in [2.45, 2.75) is 19.5 Å². The lowest BCUT2D eigenvalue weighted by molar-refractivity contribution is -0.128. The highest BCUT2D eigenvalue weighted by molar-refractivity contribution is 5.80. The monoisotopic (exact) mass is 273 g/mol. The van der Waals surface area contributed by atoms with Gasteiger partial charge in [-0.2, -0.15) is 0 Å². The van der Waals surface area contributed by atoms with Crippen LogP contribution in [0.5, 0.6) is 0 Å². The summed E-state index contributed by atoms with van der Waals surface area (Å²) in [6.07, 6.45) is 0.297. The highest BCUT2D eigenvalue weighted by Crippen LogP contribution is 2.13. The van der Waals surface area contributed by atoms with Crippen LogP contribution in [0.1, 0.15) is 12.0 Å². The molecule has 20 heavy (non-hydrogen) atoms. The second kappa shape index (κ2) is 5.88. The summed E-state index contributed by atoms with van der Waals surface area (Å²) in [6, 6.07) is 9.45. The summed E-state index contributed by atoms with van der Waals surface area (Å²) < 4.78 is 1.64. The quantitative estimate of drug-likeness (QED) is 0.901. The summed E-state index contributed by atoms with van der Waals surface area (Å²) in [6.45, 7) is 0.565. The largest absolute Gasteiger partial charge is 0.349 e. The Kier molecular flexibility index (Phi) is 4.20. The molecule has 0 aliphatic heterocycles. The van der Waals surface area contributed by atoms with Crippen molar-refractivity contribution < 1.29 is 4.79 Å². The van der Waals surface area contributed by atoms with E-state index in [1.165, 1.54) is 4.90 Å². The number of carbonyl (C=O) groups excluding carboxylic acids is 1. The Balaban J connectivity index is 2.47. The summed E-state index contributed by atoms with van der Waals surface area (Å²) in [4.78, 5) is 25.6. The lowest BCUT2D eigenvalue weighted by atomic mass is 10.1. The lowest BCUT2D eigenvalue weighted by Gasteiger charge is -2.14. The van der Waals surface area contributed by atoms with E-state index >= 15 is 0 Å². The Bertz CT molecular complexity index is 689. The van der Waals surface area contributed by atoms with Crippen LogP contribution in [0.15, 0.2) is 35.1 Å². The Labute approximate surface area is 117 Å². The van der Waals surface area contributed by atoms with Gasteiger partial charge >= 0.3 is 0 Å². The highest BCUT2D eigenvalue weighted by Gasteiger charge is 2.10. The fraction of sp³-hybridized carbons (Fsp3) is 0.333. The molecule has 1 amide bonds. The van der Waals surface area contributed by atoms with Gasteiger partial charge in [-0.1, -0.05) is 18.2 Å². The minimum absolute atomic E-state index is 0.000803. The number of rotatable bonds is 4. The van der Waals surface area contributed by atoms with Gasteiger partial charge in [-0.3, -0.25) is 9.59 Å². The van der Waals surface area contributed by atoms with E-state index < -0.39 is 0 Å². The van der Waals surface area contributed by atoms with Crippen molar-refractivity contribution in [2.75, 3.05) is 14.1 Å². The van der Waals surface area contributed by atoms with Crippen molar-refractivity contribution in [1.29, 1.82) is 0 Å². The van der Waals surface area contributed by atoms with E-state index in [9.17, 15) is 9.59 Å². The van der Waals surface area contributed by atoms with Crippen LogP contribution in [0.2, 0.25) is 0 Å². The van der Waals surface area contributed by atoms with Gasteiger partial charge in [0, 0.05) is 39.2 Å². The fourth-order valence-electron chi connectivity index (χ4n) is 2.19. The van der Waals surface area contributed by atoms with Crippen LogP contribution < -0.4 is 11.3 Å². The van der Waals surface area contributed by atoms with Crippen molar-refractivity contribution in [3.8, 4) is 0 Å². The van der Waals surface area contributed by atoms with Crippen LogP contribution >= 0.6 is 0 Å². The smallest absolute Gasteiger partial charge is 0.255 e. The Morgan fingerprint density at radius 2 is 2.00 bits per heavy atom. The second-order valence-corrected chi connectivity index (χ2v) is 4.93.